The molecule has 0 atom stereocenters. The van der Waals surface area contributed by atoms with Gasteiger partial charge in [-0.1, -0.05) is 27.4 Å². The summed E-state index contributed by atoms with van der Waals surface area (Å²) in [5, 5.41) is 10.2. The lowest BCUT2D eigenvalue weighted by Crippen LogP contribution is -2.13. The quantitative estimate of drug-likeness (QED) is 0.669. The number of rotatable bonds is 4. The topological polar surface area (TPSA) is 46.5 Å². The second kappa shape index (κ2) is 5.91. The predicted molar refractivity (Wildman–Crippen MR) is 75.1 cm³/mol. The Bertz CT molecular complexity index is 481. The number of esters is 1. The molecule has 0 saturated heterocycles. The third-order valence-electron chi connectivity index (χ3n) is 2.81. The van der Waals surface area contributed by atoms with Gasteiger partial charge in [-0.05, 0) is 36.1 Å². The Morgan fingerprint density at radius 3 is 2.58 bits per heavy atom. The van der Waals surface area contributed by atoms with Crippen LogP contribution in [0.2, 0.25) is 0 Å². The molecule has 0 aromatic heterocycles. The van der Waals surface area contributed by atoms with E-state index in [9.17, 15) is 9.90 Å². The summed E-state index contributed by atoms with van der Waals surface area (Å²) in [4.78, 5) is 11.3. The van der Waals surface area contributed by atoms with Crippen LogP contribution in [0.3, 0.4) is 0 Å². The molecule has 3 heteroatoms. The van der Waals surface area contributed by atoms with Crippen molar-refractivity contribution in [2.75, 3.05) is 6.61 Å². The summed E-state index contributed by atoms with van der Waals surface area (Å²) >= 11 is 0. The van der Waals surface area contributed by atoms with E-state index < -0.39 is 5.97 Å². The molecule has 19 heavy (non-hydrogen) atoms. The third kappa shape index (κ3) is 4.12. The Hall–Kier alpha value is -1.77. The van der Waals surface area contributed by atoms with Gasteiger partial charge in [0.1, 0.15) is 5.75 Å². The first-order chi connectivity index (χ1) is 8.73. The Labute approximate surface area is 114 Å². The van der Waals surface area contributed by atoms with Crippen molar-refractivity contribution in [3.8, 4) is 5.75 Å². The van der Waals surface area contributed by atoms with Crippen molar-refractivity contribution >= 4 is 5.97 Å². The van der Waals surface area contributed by atoms with Crippen LogP contribution in [-0.2, 0) is 21.4 Å². The van der Waals surface area contributed by atoms with Gasteiger partial charge in [0.05, 0.1) is 6.61 Å². The zero-order chi connectivity index (χ0) is 14.6. The summed E-state index contributed by atoms with van der Waals surface area (Å²) in [6.07, 6.45) is 0.464. The van der Waals surface area contributed by atoms with Crippen LogP contribution in [0.25, 0.3) is 0 Å². The number of carbonyl (C=O) groups is 1. The van der Waals surface area contributed by atoms with Crippen LogP contribution < -0.4 is 0 Å². The van der Waals surface area contributed by atoms with Gasteiger partial charge in [-0.25, -0.2) is 4.79 Å². The smallest absolute Gasteiger partial charge is 0.333 e. The Morgan fingerprint density at radius 1 is 1.42 bits per heavy atom. The molecule has 0 aliphatic heterocycles. The van der Waals surface area contributed by atoms with Gasteiger partial charge in [0.25, 0.3) is 0 Å². The largest absolute Gasteiger partial charge is 0.507 e. The van der Waals surface area contributed by atoms with E-state index in [-0.39, 0.29) is 17.8 Å². The van der Waals surface area contributed by atoms with Gasteiger partial charge in [-0.3, -0.25) is 0 Å². The standard InChI is InChI=1S/C16H21O3/c1-11(2)15(18)19-10-9-12-7-6-8-13(14(12)17)16(3,4)5/h7-8,17H,1,9-10H2,2-5H3. The van der Waals surface area contributed by atoms with Gasteiger partial charge in [-0.2, -0.15) is 0 Å². The average molecular weight is 261 g/mol. The van der Waals surface area contributed by atoms with Gasteiger partial charge >= 0.3 is 5.97 Å². The zero-order valence-corrected chi connectivity index (χ0v) is 12.0. The molecule has 1 N–H and O–H groups in total. The minimum absolute atomic E-state index is 0.148. The van der Waals surface area contributed by atoms with E-state index in [2.05, 4.69) is 12.6 Å². The van der Waals surface area contributed by atoms with E-state index in [4.69, 9.17) is 4.74 Å². The van der Waals surface area contributed by atoms with Crippen LogP contribution in [0.5, 0.6) is 5.75 Å². The summed E-state index contributed by atoms with van der Waals surface area (Å²) in [7, 11) is 0. The lowest BCUT2D eigenvalue weighted by molar-refractivity contribution is -0.138. The minimum Gasteiger partial charge on any atom is -0.507 e. The number of hydrogen-bond acceptors (Lipinski definition) is 3. The average Bonchev–Trinajstić information content (AvgIpc) is 2.29. The Balaban J connectivity index is 2.75. The fourth-order valence-corrected chi connectivity index (χ4v) is 1.67. The highest BCUT2D eigenvalue weighted by atomic mass is 16.5. The second-order valence-electron chi connectivity index (χ2n) is 5.66. The highest BCUT2D eigenvalue weighted by Gasteiger charge is 2.19. The van der Waals surface area contributed by atoms with Gasteiger partial charge in [0.15, 0.2) is 0 Å². The van der Waals surface area contributed by atoms with Crippen molar-refractivity contribution in [3.05, 3.63) is 41.5 Å². The predicted octanol–water partition coefficient (Wildman–Crippen LogP) is 3.15. The van der Waals surface area contributed by atoms with Crippen molar-refractivity contribution in [1.82, 2.24) is 0 Å². The van der Waals surface area contributed by atoms with Crippen LogP contribution in [-0.4, -0.2) is 17.7 Å². The molecule has 0 amide bonds. The molecule has 103 valence electrons. The molecule has 3 nitrogen and oxygen atoms in total. The molecule has 0 spiro atoms. The van der Waals surface area contributed by atoms with Gasteiger partial charge < -0.3 is 9.84 Å². The fraction of sp³-hybridized carbons (Fsp3) is 0.438. The Kier molecular flexibility index (Phi) is 4.76. The zero-order valence-electron chi connectivity index (χ0n) is 12.0. The first kappa shape index (κ1) is 15.3. The molecule has 0 bridgehead atoms. The van der Waals surface area contributed by atoms with Crippen LogP contribution in [0.1, 0.15) is 38.8 Å². The van der Waals surface area contributed by atoms with Gasteiger partial charge in [-0.15, -0.1) is 0 Å². The first-order valence-corrected chi connectivity index (χ1v) is 6.28. The minimum atomic E-state index is -0.407. The lowest BCUT2D eigenvalue weighted by Gasteiger charge is -2.21. The summed E-state index contributed by atoms with van der Waals surface area (Å²) in [5.74, 6) is -0.145. The van der Waals surface area contributed by atoms with Crippen LogP contribution in [0, 0.1) is 6.07 Å². The normalized spacial score (nSPS) is 11.2. The molecule has 1 aromatic rings. The van der Waals surface area contributed by atoms with Crippen molar-refractivity contribution in [1.29, 1.82) is 0 Å². The van der Waals surface area contributed by atoms with Gasteiger partial charge in [0.2, 0.25) is 0 Å². The number of hydrogen-bond donors (Lipinski definition) is 1. The summed E-state index contributed by atoms with van der Waals surface area (Å²) in [5.41, 5.74) is 1.81. The first-order valence-electron chi connectivity index (χ1n) is 6.28. The van der Waals surface area contributed by atoms with Gasteiger partial charge in [0, 0.05) is 17.6 Å². The van der Waals surface area contributed by atoms with Crippen LogP contribution >= 0.6 is 0 Å². The SMILES string of the molecule is C=C(C)C(=O)OCCc1c[c]cc(C(C)(C)C)c1O. The molecule has 0 aliphatic carbocycles. The van der Waals surface area contributed by atoms with Crippen molar-refractivity contribution in [2.24, 2.45) is 0 Å². The van der Waals surface area contributed by atoms with E-state index in [1.807, 2.05) is 20.8 Å². The van der Waals surface area contributed by atoms with Crippen molar-refractivity contribution < 1.29 is 14.6 Å². The number of ether oxygens (including phenoxy) is 1. The van der Waals surface area contributed by atoms with E-state index in [0.717, 1.165) is 11.1 Å². The molecule has 1 aromatic carbocycles. The molecule has 0 unspecified atom stereocenters. The van der Waals surface area contributed by atoms with E-state index in [1.54, 1.807) is 19.1 Å². The molecule has 0 aliphatic rings. The number of aromatic hydroxyl groups is 1. The highest BCUT2D eigenvalue weighted by Crippen LogP contribution is 2.32. The summed E-state index contributed by atoms with van der Waals surface area (Å²) in [6.45, 7) is 11.4. The van der Waals surface area contributed by atoms with Crippen molar-refractivity contribution in [2.45, 2.75) is 39.5 Å². The molecule has 0 fully saturated rings. The molecular weight excluding hydrogens is 240 g/mol. The maximum absolute atomic E-state index is 11.3. The molecular formula is C16H21O3. The van der Waals surface area contributed by atoms with E-state index in [1.165, 1.54) is 0 Å². The number of phenols is 1. The monoisotopic (exact) mass is 261 g/mol. The summed E-state index contributed by atoms with van der Waals surface area (Å²) < 4.78 is 5.02. The molecule has 0 saturated carbocycles. The van der Waals surface area contributed by atoms with E-state index in [0.29, 0.717) is 12.0 Å². The number of benzene rings is 1. The molecule has 0 heterocycles. The fourth-order valence-electron chi connectivity index (χ4n) is 1.67. The number of phenolic OH excluding ortho intramolecular Hbond substituents is 1. The second-order valence-corrected chi connectivity index (χ2v) is 5.66. The Morgan fingerprint density at radius 2 is 2.05 bits per heavy atom. The maximum Gasteiger partial charge on any atom is 0.333 e. The highest BCUT2D eigenvalue weighted by molar-refractivity contribution is 5.86. The molecule has 1 rings (SSSR count). The van der Waals surface area contributed by atoms with E-state index >= 15 is 0 Å². The van der Waals surface area contributed by atoms with Crippen molar-refractivity contribution in [3.63, 3.8) is 0 Å². The van der Waals surface area contributed by atoms with Crippen LogP contribution in [0.15, 0.2) is 24.3 Å². The summed E-state index contributed by atoms with van der Waals surface area (Å²) in [6, 6.07) is 6.53. The molecule has 1 radical (unpaired) electrons. The number of carbonyl (C=O) groups excluding carboxylic acids is 1. The lowest BCUT2D eigenvalue weighted by atomic mass is 9.85. The van der Waals surface area contributed by atoms with Crippen LogP contribution in [0.4, 0.5) is 0 Å². The third-order valence-corrected chi connectivity index (χ3v) is 2.81. The maximum atomic E-state index is 11.3.